The third-order valence-corrected chi connectivity index (χ3v) is 3.01. The molecule has 0 saturated carbocycles. The number of imidazole rings is 1. The van der Waals surface area contributed by atoms with Gasteiger partial charge in [-0.2, -0.15) is 5.26 Å². The molecule has 90 valence electrons. The van der Waals surface area contributed by atoms with Gasteiger partial charge in [-0.1, -0.05) is 27.5 Å². The Labute approximate surface area is 116 Å². The largest absolute Gasteiger partial charge is 0.341 e. The molecule has 1 heterocycles. The van der Waals surface area contributed by atoms with E-state index in [0.717, 1.165) is 0 Å². The highest BCUT2D eigenvalue weighted by Crippen LogP contribution is 2.30. The second kappa shape index (κ2) is 5.21. The van der Waals surface area contributed by atoms with Crippen LogP contribution in [0.25, 0.3) is 0 Å². The van der Waals surface area contributed by atoms with E-state index in [-0.39, 0.29) is 16.5 Å². The van der Waals surface area contributed by atoms with Crippen LogP contribution in [0.5, 0.6) is 0 Å². The number of aromatic amines is 1. The quantitative estimate of drug-likeness (QED) is 0.890. The summed E-state index contributed by atoms with van der Waals surface area (Å²) in [7, 11) is 0. The van der Waals surface area contributed by atoms with Gasteiger partial charge in [0.05, 0.1) is 28.8 Å². The van der Waals surface area contributed by atoms with Crippen molar-refractivity contribution in [2.24, 2.45) is 0 Å². The standard InChI is InChI=1S/C11H6BrClN4O/c12-7-1-6(3-14)10(13)8(2-7)17-11(18)9-4-15-5-16-9/h1-2,4-5H,(H,15,16)(H,17,18). The maximum atomic E-state index is 11.8. The highest BCUT2D eigenvalue weighted by molar-refractivity contribution is 9.10. The van der Waals surface area contributed by atoms with Crippen molar-refractivity contribution in [2.45, 2.75) is 0 Å². The number of halogens is 2. The zero-order valence-corrected chi connectivity index (χ0v) is 11.2. The molecular formula is C11H6BrClN4O. The van der Waals surface area contributed by atoms with E-state index >= 15 is 0 Å². The number of nitrogens with zero attached hydrogens (tertiary/aromatic N) is 2. The van der Waals surface area contributed by atoms with E-state index in [2.05, 4.69) is 31.2 Å². The molecule has 0 aliphatic rings. The number of nitrogens with one attached hydrogen (secondary N) is 2. The maximum absolute atomic E-state index is 11.8. The zero-order valence-electron chi connectivity index (χ0n) is 8.87. The van der Waals surface area contributed by atoms with E-state index in [4.69, 9.17) is 16.9 Å². The number of amides is 1. The molecule has 2 aromatic rings. The summed E-state index contributed by atoms with van der Waals surface area (Å²) in [5.41, 5.74) is 0.956. The Morgan fingerprint density at radius 2 is 2.33 bits per heavy atom. The van der Waals surface area contributed by atoms with E-state index in [9.17, 15) is 4.79 Å². The lowest BCUT2D eigenvalue weighted by Crippen LogP contribution is -2.12. The first-order chi connectivity index (χ1) is 8.61. The molecule has 18 heavy (non-hydrogen) atoms. The fraction of sp³-hybridized carbons (Fsp3) is 0. The number of carbonyl (C=O) groups excluding carboxylic acids is 1. The number of hydrogen-bond donors (Lipinski definition) is 2. The molecule has 7 heteroatoms. The van der Waals surface area contributed by atoms with E-state index in [0.29, 0.717) is 15.9 Å². The molecule has 1 aromatic carbocycles. The number of hydrogen-bond acceptors (Lipinski definition) is 3. The summed E-state index contributed by atoms with van der Waals surface area (Å²) in [6.07, 6.45) is 2.80. The molecule has 0 radical (unpaired) electrons. The molecule has 0 aliphatic heterocycles. The van der Waals surface area contributed by atoms with Gasteiger partial charge in [0.1, 0.15) is 11.8 Å². The van der Waals surface area contributed by atoms with Crippen LogP contribution in [0.15, 0.2) is 29.1 Å². The van der Waals surface area contributed by atoms with Crippen molar-refractivity contribution in [1.82, 2.24) is 9.97 Å². The Bertz CT molecular complexity index is 633. The lowest BCUT2D eigenvalue weighted by molar-refractivity contribution is 0.102. The minimum Gasteiger partial charge on any atom is -0.341 e. The lowest BCUT2D eigenvalue weighted by Gasteiger charge is -2.08. The zero-order chi connectivity index (χ0) is 13.1. The van der Waals surface area contributed by atoms with Crippen molar-refractivity contribution in [3.8, 4) is 6.07 Å². The van der Waals surface area contributed by atoms with Crippen molar-refractivity contribution in [3.05, 3.63) is 45.4 Å². The first-order valence-electron chi connectivity index (χ1n) is 4.80. The molecule has 1 aromatic heterocycles. The van der Waals surface area contributed by atoms with E-state index in [1.165, 1.54) is 12.5 Å². The number of rotatable bonds is 2. The van der Waals surface area contributed by atoms with Crippen LogP contribution in [0, 0.1) is 11.3 Å². The van der Waals surface area contributed by atoms with Crippen molar-refractivity contribution in [2.75, 3.05) is 5.32 Å². The van der Waals surface area contributed by atoms with Crippen LogP contribution in [-0.2, 0) is 0 Å². The number of benzene rings is 1. The Morgan fingerprint density at radius 1 is 1.56 bits per heavy atom. The van der Waals surface area contributed by atoms with Crippen LogP contribution < -0.4 is 5.32 Å². The number of H-pyrrole nitrogens is 1. The minimum absolute atomic E-state index is 0.202. The highest BCUT2D eigenvalue weighted by Gasteiger charge is 2.13. The Kier molecular flexibility index (Phi) is 3.65. The summed E-state index contributed by atoms with van der Waals surface area (Å²) in [5, 5.41) is 11.7. The van der Waals surface area contributed by atoms with E-state index in [1.54, 1.807) is 12.1 Å². The molecule has 0 unspecified atom stereocenters. The van der Waals surface area contributed by atoms with Crippen LogP contribution in [0.1, 0.15) is 16.1 Å². The summed E-state index contributed by atoms with van der Waals surface area (Å²) in [6.45, 7) is 0. The molecular weight excluding hydrogens is 320 g/mol. The summed E-state index contributed by atoms with van der Waals surface area (Å²) in [4.78, 5) is 18.2. The van der Waals surface area contributed by atoms with Gasteiger partial charge in [0.15, 0.2) is 0 Å². The first-order valence-corrected chi connectivity index (χ1v) is 5.98. The van der Waals surface area contributed by atoms with E-state index in [1.807, 2.05) is 6.07 Å². The molecule has 2 N–H and O–H groups in total. The van der Waals surface area contributed by atoms with Crippen molar-refractivity contribution < 1.29 is 4.79 Å². The summed E-state index contributed by atoms with van der Waals surface area (Å²) in [5.74, 6) is -0.378. The molecule has 0 saturated heterocycles. The summed E-state index contributed by atoms with van der Waals surface area (Å²) >= 11 is 9.25. The molecule has 5 nitrogen and oxygen atoms in total. The molecule has 0 atom stereocenters. The molecule has 0 fully saturated rings. The number of anilines is 1. The minimum atomic E-state index is -0.378. The first kappa shape index (κ1) is 12.6. The fourth-order valence-electron chi connectivity index (χ4n) is 1.33. The monoisotopic (exact) mass is 324 g/mol. The average Bonchev–Trinajstić information content (AvgIpc) is 2.87. The van der Waals surface area contributed by atoms with Crippen LogP contribution >= 0.6 is 27.5 Å². The Hall–Kier alpha value is -1.84. The van der Waals surface area contributed by atoms with Gasteiger partial charge in [0.25, 0.3) is 5.91 Å². The van der Waals surface area contributed by atoms with Gasteiger partial charge in [-0.25, -0.2) is 4.98 Å². The molecule has 1 amide bonds. The highest BCUT2D eigenvalue weighted by atomic mass is 79.9. The predicted molar refractivity (Wildman–Crippen MR) is 70.4 cm³/mol. The maximum Gasteiger partial charge on any atom is 0.273 e. The Balaban J connectivity index is 2.33. The third kappa shape index (κ3) is 2.53. The number of aromatic nitrogens is 2. The SMILES string of the molecule is N#Cc1cc(Br)cc(NC(=O)c2cnc[nH]2)c1Cl. The van der Waals surface area contributed by atoms with Gasteiger partial charge < -0.3 is 10.3 Å². The smallest absolute Gasteiger partial charge is 0.273 e. The summed E-state index contributed by atoms with van der Waals surface area (Å²) in [6, 6.07) is 5.15. The lowest BCUT2D eigenvalue weighted by atomic mass is 10.2. The second-order valence-electron chi connectivity index (χ2n) is 3.35. The Morgan fingerprint density at radius 3 is 2.94 bits per heavy atom. The molecule has 0 aliphatic carbocycles. The predicted octanol–water partition coefficient (Wildman–Crippen LogP) is 2.95. The number of nitriles is 1. The van der Waals surface area contributed by atoms with Crippen molar-refractivity contribution in [3.63, 3.8) is 0 Å². The van der Waals surface area contributed by atoms with E-state index < -0.39 is 0 Å². The van der Waals surface area contributed by atoms with Crippen LogP contribution in [0.2, 0.25) is 5.02 Å². The topological polar surface area (TPSA) is 81.6 Å². The van der Waals surface area contributed by atoms with Gasteiger partial charge in [-0.15, -0.1) is 0 Å². The molecule has 2 rings (SSSR count). The van der Waals surface area contributed by atoms with Crippen LogP contribution in [-0.4, -0.2) is 15.9 Å². The van der Waals surface area contributed by atoms with Gasteiger partial charge in [-0.3, -0.25) is 4.79 Å². The van der Waals surface area contributed by atoms with Gasteiger partial charge >= 0.3 is 0 Å². The van der Waals surface area contributed by atoms with Gasteiger partial charge in [-0.05, 0) is 12.1 Å². The molecule has 0 bridgehead atoms. The van der Waals surface area contributed by atoms with Crippen molar-refractivity contribution in [1.29, 1.82) is 5.26 Å². The number of carbonyl (C=O) groups is 1. The van der Waals surface area contributed by atoms with Crippen molar-refractivity contribution >= 4 is 39.1 Å². The normalized spacial score (nSPS) is 9.83. The average molecular weight is 326 g/mol. The van der Waals surface area contributed by atoms with Crippen LogP contribution in [0.3, 0.4) is 0 Å². The van der Waals surface area contributed by atoms with Gasteiger partial charge in [0.2, 0.25) is 0 Å². The van der Waals surface area contributed by atoms with Crippen LogP contribution in [0.4, 0.5) is 5.69 Å². The third-order valence-electron chi connectivity index (χ3n) is 2.15. The second-order valence-corrected chi connectivity index (χ2v) is 4.64. The fourth-order valence-corrected chi connectivity index (χ4v) is 1.99. The summed E-state index contributed by atoms with van der Waals surface area (Å²) < 4.78 is 0.656. The molecule has 0 spiro atoms. The van der Waals surface area contributed by atoms with Gasteiger partial charge in [0, 0.05) is 4.47 Å².